The fraction of sp³-hybridized carbons (Fsp3) is 0.778. The molecule has 0 heterocycles. The highest BCUT2D eigenvalue weighted by molar-refractivity contribution is 6.01. The van der Waals surface area contributed by atoms with Crippen molar-refractivity contribution in [2.75, 3.05) is 0 Å². The predicted molar refractivity (Wildman–Crippen MR) is 120 cm³/mol. The molecular weight excluding hydrogens is 372 g/mol. The molecule has 0 amide bonds. The Balaban J connectivity index is 1.45. The molecule has 166 valence electrons. The second kappa shape index (κ2) is 7.95. The topological polar surface area (TPSA) is 54.4 Å². The van der Waals surface area contributed by atoms with E-state index >= 15 is 0 Å². The fourth-order valence-electron chi connectivity index (χ4n) is 8.24. The molecule has 8 atom stereocenters. The lowest BCUT2D eigenvalue weighted by Gasteiger charge is -2.57. The Kier molecular flexibility index (Phi) is 5.79. The number of fused-ring (bicyclic) bond motifs is 5. The molecule has 0 spiro atoms. The Hall–Kier alpha value is -1.38. The molecular formula is C27H40O3. The molecule has 0 aromatic rings. The summed E-state index contributed by atoms with van der Waals surface area (Å²) >= 11 is 0. The molecule has 3 nitrogen and oxygen atoms in total. The smallest absolute Gasteiger partial charge is 0.306 e. The minimum Gasteiger partial charge on any atom is -0.481 e. The third-order valence-electron chi connectivity index (χ3n) is 10.0. The van der Waals surface area contributed by atoms with E-state index in [-0.39, 0.29) is 17.1 Å². The van der Waals surface area contributed by atoms with Gasteiger partial charge in [-0.3, -0.25) is 9.59 Å². The summed E-state index contributed by atoms with van der Waals surface area (Å²) in [6.45, 7) is 9.23. The van der Waals surface area contributed by atoms with Crippen LogP contribution < -0.4 is 0 Å². The number of hydrogen-bond donors (Lipinski definition) is 1. The predicted octanol–water partition coefficient (Wildman–Crippen LogP) is 6.44. The number of ketones is 1. The number of hydrogen-bond acceptors (Lipinski definition) is 2. The van der Waals surface area contributed by atoms with Crippen LogP contribution in [0, 0.1) is 46.3 Å². The van der Waals surface area contributed by atoms with E-state index in [4.69, 9.17) is 5.11 Å². The molecule has 0 aromatic carbocycles. The van der Waals surface area contributed by atoms with E-state index < -0.39 is 5.97 Å². The SMILES string of the molecule is C[C@H](CCC[C@H](C)C(=O)O)[C@H]1CCC2C3CCC4=CC(=O)C=C[C@]4(C)C3CC[C@@]21C. The highest BCUT2D eigenvalue weighted by Crippen LogP contribution is 2.67. The van der Waals surface area contributed by atoms with Crippen molar-refractivity contribution in [3.8, 4) is 0 Å². The number of carbonyl (C=O) groups excluding carboxylic acids is 1. The van der Waals surface area contributed by atoms with E-state index in [1.54, 1.807) is 0 Å². The van der Waals surface area contributed by atoms with Crippen molar-refractivity contribution >= 4 is 11.8 Å². The van der Waals surface area contributed by atoms with Gasteiger partial charge < -0.3 is 5.11 Å². The Morgan fingerprint density at radius 2 is 1.90 bits per heavy atom. The maximum absolute atomic E-state index is 11.9. The fourth-order valence-corrected chi connectivity index (χ4v) is 8.24. The minimum absolute atomic E-state index is 0.0921. The van der Waals surface area contributed by atoms with E-state index in [1.807, 2.05) is 19.1 Å². The Morgan fingerprint density at radius 3 is 2.63 bits per heavy atom. The molecule has 1 N–H and O–H groups in total. The molecule has 0 radical (unpaired) electrons. The van der Waals surface area contributed by atoms with E-state index in [2.05, 4.69) is 26.8 Å². The first-order chi connectivity index (χ1) is 14.2. The molecule has 4 aliphatic carbocycles. The Morgan fingerprint density at radius 1 is 1.13 bits per heavy atom. The van der Waals surface area contributed by atoms with Crippen LogP contribution in [0.2, 0.25) is 0 Å². The van der Waals surface area contributed by atoms with E-state index in [1.165, 1.54) is 37.7 Å². The number of allylic oxidation sites excluding steroid dienone is 4. The van der Waals surface area contributed by atoms with Gasteiger partial charge in [0, 0.05) is 5.41 Å². The molecule has 0 bridgehead atoms. The maximum atomic E-state index is 11.9. The van der Waals surface area contributed by atoms with Gasteiger partial charge in [0.15, 0.2) is 5.78 Å². The monoisotopic (exact) mass is 412 g/mol. The summed E-state index contributed by atoms with van der Waals surface area (Å²) in [5.74, 6) is 3.03. The lowest BCUT2D eigenvalue weighted by Crippen LogP contribution is -2.50. The van der Waals surface area contributed by atoms with Crippen LogP contribution in [0.15, 0.2) is 23.8 Å². The maximum Gasteiger partial charge on any atom is 0.306 e. The van der Waals surface area contributed by atoms with Gasteiger partial charge in [-0.25, -0.2) is 0 Å². The molecule has 30 heavy (non-hydrogen) atoms. The van der Waals surface area contributed by atoms with E-state index in [0.29, 0.717) is 17.3 Å². The van der Waals surface area contributed by atoms with Crippen LogP contribution in [0.5, 0.6) is 0 Å². The average Bonchev–Trinajstić information content (AvgIpc) is 3.05. The van der Waals surface area contributed by atoms with E-state index in [9.17, 15) is 9.59 Å². The van der Waals surface area contributed by atoms with Crippen molar-refractivity contribution in [1.82, 2.24) is 0 Å². The van der Waals surface area contributed by atoms with Gasteiger partial charge in [-0.1, -0.05) is 52.2 Å². The third kappa shape index (κ3) is 3.50. The lowest BCUT2D eigenvalue weighted by atomic mass is 9.47. The van der Waals surface area contributed by atoms with Crippen molar-refractivity contribution in [2.45, 2.75) is 85.5 Å². The zero-order valence-electron chi connectivity index (χ0n) is 19.3. The van der Waals surface area contributed by atoms with Gasteiger partial charge in [-0.2, -0.15) is 0 Å². The molecule has 0 saturated heterocycles. The number of rotatable bonds is 6. The van der Waals surface area contributed by atoms with Crippen molar-refractivity contribution < 1.29 is 14.7 Å². The zero-order valence-corrected chi connectivity index (χ0v) is 19.3. The van der Waals surface area contributed by atoms with Crippen LogP contribution in [0.25, 0.3) is 0 Å². The second-order valence-corrected chi connectivity index (χ2v) is 11.5. The molecule has 4 aliphatic rings. The van der Waals surface area contributed by atoms with Crippen LogP contribution in [0.3, 0.4) is 0 Å². The summed E-state index contributed by atoms with van der Waals surface area (Å²) in [6.07, 6.45) is 16.6. The highest BCUT2D eigenvalue weighted by Gasteiger charge is 2.58. The average molecular weight is 413 g/mol. The molecule has 3 unspecified atom stereocenters. The molecule has 0 aliphatic heterocycles. The molecule has 3 heteroatoms. The van der Waals surface area contributed by atoms with Gasteiger partial charge in [0.2, 0.25) is 0 Å². The van der Waals surface area contributed by atoms with Crippen LogP contribution in [0.4, 0.5) is 0 Å². The van der Waals surface area contributed by atoms with E-state index in [0.717, 1.165) is 43.4 Å². The first-order valence-corrected chi connectivity index (χ1v) is 12.3. The van der Waals surface area contributed by atoms with Gasteiger partial charge >= 0.3 is 5.97 Å². The minimum atomic E-state index is -0.661. The molecule has 0 aromatic heterocycles. The molecule has 3 fully saturated rings. The summed E-state index contributed by atoms with van der Waals surface area (Å²) in [5, 5.41) is 9.15. The zero-order chi connectivity index (χ0) is 21.7. The summed E-state index contributed by atoms with van der Waals surface area (Å²) < 4.78 is 0. The number of carboxylic acids is 1. The van der Waals surface area contributed by atoms with Crippen LogP contribution in [-0.2, 0) is 9.59 Å². The van der Waals surface area contributed by atoms with Crippen molar-refractivity contribution in [3.63, 3.8) is 0 Å². The second-order valence-electron chi connectivity index (χ2n) is 11.5. The van der Waals surface area contributed by atoms with Gasteiger partial charge in [0.05, 0.1) is 5.92 Å². The third-order valence-corrected chi connectivity index (χ3v) is 10.0. The Bertz CT molecular complexity index is 764. The summed E-state index contributed by atoms with van der Waals surface area (Å²) in [5.41, 5.74) is 1.91. The van der Waals surface area contributed by atoms with Crippen molar-refractivity contribution in [3.05, 3.63) is 23.8 Å². The lowest BCUT2D eigenvalue weighted by molar-refractivity contribution is -0.141. The molecule has 4 rings (SSSR count). The van der Waals surface area contributed by atoms with Crippen LogP contribution in [-0.4, -0.2) is 16.9 Å². The van der Waals surface area contributed by atoms with Crippen molar-refractivity contribution in [1.29, 1.82) is 0 Å². The quantitative estimate of drug-likeness (QED) is 0.546. The van der Waals surface area contributed by atoms with Gasteiger partial charge in [0.1, 0.15) is 0 Å². The normalized spacial score (nSPS) is 42.0. The highest BCUT2D eigenvalue weighted by atomic mass is 16.4. The van der Waals surface area contributed by atoms with Crippen LogP contribution >= 0.6 is 0 Å². The number of carboxylic acid groups (broad SMARTS) is 1. The summed E-state index contributed by atoms with van der Waals surface area (Å²) in [7, 11) is 0. The van der Waals surface area contributed by atoms with Gasteiger partial charge in [0.25, 0.3) is 0 Å². The van der Waals surface area contributed by atoms with Gasteiger partial charge in [-0.15, -0.1) is 0 Å². The standard InChI is InChI=1S/C27H40O3/c1-17(6-5-7-18(2)25(29)30)22-10-11-23-21-9-8-19-16-20(28)12-14-26(19,3)24(21)13-15-27(22,23)4/h12,14,16-18,21-24H,5-11,13,15H2,1-4H3,(H,29,30)/t17-,18+,21?,22-,23?,24?,26+,27-/m1/s1. The summed E-state index contributed by atoms with van der Waals surface area (Å²) in [4.78, 5) is 23.1. The van der Waals surface area contributed by atoms with Gasteiger partial charge in [-0.05, 0) is 92.1 Å². The molecule has 3 saturated carbocycles. The van der Waals surface area contributed by atoms with Crippen LogP contribution in [0.1, 0.15) is 85.5 Å². The van der Waals surface area contributed by atoms with Crippen molar-refractivity contribution in [2.24, 2.45) is 46.3 Å². The first-order valence-electron chi connectivity index (χ1n) is 12.3. The summed E-state index contributed by atoms with van der Waals surface area (Å²) in [6, 6.07) is 0. The number of carbonyl (C=O) groups is 2. The Labute approximate surface area is 182 Å². The largest absolute Gasteiger partial charge is 0.481 e. The number of aliphatic carboxylic acids is 1. The first kappa shape index (κ1) is 21.8.